The van der Waals surface area contributed by atoms with Gasteiger partial charge in [-0.3, -0.25) is 9.69 Å². The number of urea groups is 1. The van der Waals surface area contributed by atoms with E-state index in [0.717, 1.165) is 19.6 Å². The van der Waals surface area contributed by atoms with Gasteiger partial charge in [-0.25, -0.2) is 13.2 Å². The van der Waals surface area contributed by atoms with Gasteiger partial charge >= 0.3 is 6.03 Å². The van der Waals surface area contributed by atoms with E-state index >= 15 is 0 Å². The molecule has 0 saturated carbocycles. The number of hydrogen-bond donors (Lipinski definition) is 1. The number of sulfonamides is 1. The lowest BCUT2D eigenvalue weighted by molar-refractivity contribution is -0.135. The van der Waals surface area contributed by atoms with Crippen molar-refractivity contribution in [2.24, 2.45) is 0 Å². The number of rotatable bonds is 4. The normalized spacial score (nSPS) is 26.1. The van der Waals surface area contributed by atoms with E-state index in [0.29, 0.717) is 32.2 Å². The fourth-order valence-electron chi connectivity index (χ4n) is 4.65. The summed E-state index contributed by atoms with van der Waals surface area (Å²) in [4.78, 5) is 29.8. The first kappa shape index (κ1) is 20.3. The first-order chi connectivity index (χ1) is 13.9. The summed E-state index contributed by atoms with van der Waals surface area (Å²) < 4.78 is 27.4. The number of benzene rings is 1. The summed E-state index contributed by atoms with van der Waals surface area (Å²) in [6.45, 7) is 5.10. The Morgan fingerprint density at radius 2 is 1.79 bits per heavy atom. The van der Waals surface area contributed by atoms with Crippen LogP contribution in [0.3, 0.4) is 0 Å². The number of carbonyl (C=O) groups excluding carboxylic acids is 2. The molecule has 8 nitrogen and oxygen atoms in total. The van der Waals surface area contributed by atoms with E-state index < -0.39 is 21.6 Å². The number of likely N-dealkylation sites (tertiary alicyclic amines) is 1. The van der Waals surface area contributed by atoms with Gasteiger partial charge in [0.1, 0.15) is 5.54 Å². The smallest absolute Gasteiger partial charge is 0.323 e. The third-order valence-electron chi connectivity index (χ3n) is 6.46. The second-order valence-corrected chi connectivity index (χ2v) is 10.0. The second kappa shape index (κ2) is 7.70. The minimum absolute atomic E-state index is 0.146. The van der Waals surface area contributed by atoms with Crippen LogP contribution in [0.4, 0.5) is 4.79 Å². The van der Waals surface area contributed by atoms with E-state index in [9.17, 15) is 18.0 Å². The molecule has 9 heteroatoms. The van der Waals surface area contributed by atoms with Crippen LogP contribution in [0.25, 0.3) is 0 Å². The molecule has 29 heavy (non-hydrogen) atoms. The summed E-state index contributed by atoms with van der Waals surface area (Å²) in [5.74, 6) is -0.192. The average Bonchev–Trinajstić information content (AvgIpc) is 2.98. The Morgan fingerprint density at radius 1 is 1.10 bits per heavy atom. The quantitative estimate of drug-likeness (QED) is 0.741. The molecule has 1 atom stereocenters. The van der Waals surface area contributed by atoms with Gasteiger partial charge in [0.2, 0.25) is 10.0 Å². The van der Waals surface area contributed by atoms with Crippen molar-refractivity contribution in [1.82, 2.24) is 19.4 Å². The molecular weight excluding hydrogens is 392 g/mol. The molecule has 1 aromatic carbocycles. The van der Waals surface area contributed by atoms with E-state index in [2.05, 4.69) is 17.1 Å². The second-order valence-electron chi connectivity index (χ2n) is 8.09. The number of nitrogens with zero attached hydrogens (tertiary/aromatic N) is 3. The van der Waals surface area contributed by atoms with Gasteiger partial charge in [-0.15, -0.1) is 0 Å². The summed E-state index contributed by atoms with van der Waals surface area (Å²) in [5.41, 5.74) is -0.830. The average molecular weight is 421 g/mol. The van der Waals surface area contributed by atoms with Crippen molar-refractivity contribution in [3.8, 4) is 0 Å². The molecule has 1 aromatic rings. The summed E-state index contributed by atoms with van der Waals surface area (Å²) in [7, 11) is -3.65. The zero-order valence-electron chi connectivity index (χ0n) is 16.7. The van der Waals surface area contributed by atoms with Crippen LogP contribution in [0.15, 0.2) is 35.2 Å². The maximum absolute atomic E-state index is 13.3. The maximum Gasteiger partial charge on any atom is 0.325 e. The number of carbonyl (C=O) groups is 2. The molecule has 1 N–H and O–H groups in total. The van der Waals surface area contributed by atoms with E-state index in [1.54, 1.807) is 30.3 Å². The largest absolute Gasteiger partial charge is 0.325 e. The molecule has 0 bridgehead atoms. The van der Waals surface area contributed by atoms with Crippen LogP contribution >= 0.6 is 0 Å². The predicted octanol–water partition coefficient (Wildman–Crippen LogP) is 1.25. The van der Waals surface area contributed by atoms with Crippen LogP contribution in [-0.2, 0) is 14.8 Å². The first-order valence-electron chi connectivity index (χ1n) is 10.3. The molecule has 3 aliphatic rings. The summed E-state index contributed by atoms with van der Waals surface area (Å²) in [6.07, 6.45) is 2.43. The summed E-state index contributed by atoms with van der Waals surface area (Å²) >= 11 is 0. The Hall–Kier alpha value is -1.97. The lowest BCUT2D eigenvalue weighted by Crippen LogP contribution is -2.56. The molecule has 1 spiro atoms. The number of nitrogens with one attached hydrogen (secondary N) is 1. The third-order valence-corrected chi connectivity index (χ3v) is 8.33. The SMILES string of the molecule is CCN1CCC2(CC1)NC(=O)N([C@@H]1CCCN(S(=O)(=O)c3ccccc3)C1)C2=O. The van der Waals surface area contributed by atoms with Gasteiger partial charge in [-0.05, 0) is 44.4 Å². The molecule has 158 valence electrons. The van der Waals surface area contributed by atoms with Crippen molar-refractivity contribution in [2.75, 3.05) is 32.7 Å². The highest BCUT2D eigenvalue weighted by atomic mass is 32.2. The lowest BCUT2D eigenvalue weighted by atomic mass is 9.87. The molecule has 0 aliphatic carbocycles. The highest BCUT2D eigenvalue weighted by Gasteiger charge is 2.54. The first-order valence-corrected chi connectivity index (χ1v) is 11.7. The Labute approximate surface area is 171 Å². The van der Waals surface area contributed by atoms with Gasteiger partial charge in [-0.2, -0.15) is 4.31 Å². The molecule has 0 aromatic heterocycles. The fraction of sp³-hybridized carbons (Fsp3) is 0.600. The zero-order valence-corrected chi connectivity index (χ0v) is 17.5. The lowest BCUT2D eigenvalue weighted by Gasteiger charge is -2.38. The highest BCUT2D eigenvalue weighted by Crippen LogP contribution is 2.33. The molecule has 3 fully saturated rings. The van der Waals surface area contributed by atoms with Crippen molar-refractivity contribution in [3.05, 3.63) is 30.3 Å². The Balaban J connectivity index is 1.51. The third kappa shape index (κ3) is 3.55. The molecular formula is C20H28N4O4S. The van der Waals surface area contributed by atoms with E-state index in [1.807, 2.05) is 0 Å². The Bertz CT molecular complexity index is 881. The van der Waals surface area contributed by atoms with Crippen molar-refractivity contribution < 1.29 is 18.0 Å². The minimum atomic E-state index is -3.65. The highest BCUT2D eigenvalue weighted by molar-refractivity contribution is 7.89. The number of piperidine rings is 2. The van der Waals surface area contributed by atoms with Crippen molar-refractivity contribution in [2.45, 2.75) is 49.1 Å². The maximum atomic E-state index is 13.3. The topological polar surface area (TPSA) is 90.0 Å². The van der Waals surface area contributed by atoms with Crippen LogP contribution in [0, 0.1) is 0 Å². The van der Waals surface area contributed by atoms with Crippen LogP contribution < -0.4 is 5.32 Å². The molecule has 3 heterocycles. The van der Waals surface area contributed by atoms with Crippen LogP contribution in [0.2, 0.25) is 0 Å². The van der Waals surface area contributed by atoms with Gasteiger partial charge < -0.3 is 10.2 Å². The molecule has 3 amide bonds. The number of hydrogen-bond acceptors (Lipinski definition) is 5. The van der Waals surface area contributed by atoms with Gasteiger partial charge in [0.25, 0.3) is 5.91 Å². The van der Waals surface area contributed by atoms with Gasteiger partial charge in [0.15, 0.2) is 0 Å². The summed E-state index contributed by atoms with van der Waals surface area (Å²) in [5, 5.41) is 2.94. The van der Waals surface area contributed by atoms with Crippen LogP contribution in [-0.4, -0.2) is 78.8 Å². The molecule has 3 aliphatic heterocycles. The molecule has 0 radical (unpaired) electrons. The van der Waals surface area contributed by atoms with E-state index in [4.69, 9.17) is 0 Å². The van der Waals surface area contributed by atoms with Crippen LogP contribution in [0.1, 0.15) is 32.6 Å². The van der Waals surface area contributed by atoms with Gasteiger partial charge in [-0.1, -0.05) is 25.1 Å². The molecule has 3 saturated heterocycles. The van der Waals surface area contributed by atoms with Gasteiger partial charge in [0, 0.05) is 26.2 Å². The Morgan fingerprint density at radius 3 is 2.45 bits per heavy atom. The zero-order chi connectivity index (χ0) is 20.6. The minimum Gasteiger partial charge on any atom is -0.323 e. The van der Waals surface area contributed by atoms with Gasteiger partial charge in [0.05, 0.1) is 10.9 Å². The summed E-state index contributed by atoms with van der Waals surface area (Å²) in [6, 6.07) is 7.49. The van der Waals surface area contributed by atoms with E-state index in [-0.39, 0.29) is 23.4 Å². The number of imide groups is 1. The Kier molecular flexibility index (Phi) is 5.39. The van der Waals surface area contributed by atoms with Crippen molar-refractivity contribution in [3.63, 3.8) is 0 Å². The monoisotopic (exact) mass is 420 g/mol. The van der Waals surface area contributed by atoms with Crippen molar-refractivity contribution >= 4 is 22.0 Å². The number of amides is 3. The fourth-order valence-corrected chi connectivity index (χ4v) is 6.19. The standard InChI is InChI=1S/C20H28N4O4S/c1-2-22-13-10-20(11-14-22)18(25)24(19(26)21-20)16-7-6-12-23(15-16)29(27,28)17-8-4-3-5-9-17/h3-5,8-9,16H,2,6-7,10-15H2,1H3,(H,21,26)/t16-/m1/s1. The van der Waals surface area contributed by atoms with E-state index in [1.165, 1.54) is 9.21 Å². The molecule has 0 unspecified atom stereocenters. The predicted molar refractivity (Wildman–Crippen MR) is 108 cm³/mol. The van der Waals surface area contributed by atoms with Crippen LogP contribution in [0.5, 0.6) is 0 Å². The van der Waals surface area contributed by atoms with Crippen molar-refractivity contribution in [1.29, 1.82) is 0 Å². The molecule has 4 rings (SSSR count).